The summed E-state index contributed by atoms with van der Waals surface area (Å²) in [5.74, 6) is 0.0847. The zero-order chi connectivity index (χ0) is 13.2. The fourth-order valence-electron chi connectivity index (χ4n) is 1.23. The Labute approximate surface area is 106 Å². The SMILES string of the molecule is CCCOc1nc(N)nc(OCCCCCO)n1. The first-order valence-corrected chi connectivity index (χ1v) is 6.14. The Kier molecular flexibility index (Phi) is 6.78. The Morgan fingerprint density at radius 2 is 1.67 bits per heavy atom. The predicted octanol–water partition coefficient (Wildman–Crippen LogP) is 0.784. The molecule has 0 aliphatic carbocycles. The first kappa shape index (κ1) is 14.4. The van der Waals surface area contributed by atoms with Crippen LogP contribution in [0.1, 0.15) is 32.6 Å². The second kappa shape index (κ2) is 8.46. The van der Waals surface area contributed by atoms with E-state index in [4.69, 9.17) is 20.3 Å². The Bertz CT molecular complexity index is 349. The van der Waals surface area contributed by atoms with Gasteiger partial charge >= 0.3 is 12.0 Å². The molecule has 0 atom stereocenters. The van der Waals surface area contributed by atoms with Crippen molar-refractivity contribution in [2.45, 2.75) is 32.6 Å². The summed E-state index contributed by atoms with van der Waals surface area (Å²) < 4.78 is 10.6. The minimum absolute atomic E-state index is 0.0847. The van der Waals surface area contributed by atoms with E-state index < -0.39 is 0 Å². The number of aliphatic hydroxyl groups is 1. The highest BCUT2D eigenvalue weighted by molar-refractivity contribution is 5.20. The molecule has 0 aliphatic heterocycles. The molecule has 0 aliphatic rings. The summed E-state index contributed by atoms with van der Waals surface area (Å²) in [6.45, 7) is 3.20. The van der Waals surface area contributed by atoms with E-state index in [0.29, 0.717) is 13.2 Å². The number of anilines is 1. The number of aliphatic hydroxyl groups excluding tert-OH is 1. The molecule has 3 N–H and O–H groups in total. The third-order valence-corrected chi connectivity index (χ3v) is 2.08. The average Bonchev–Trinajstić information content (AvgIpc) is 2.35. The molecule has 1 aromatic heterocycles. The van der Waals surface area contributed by atoms with E-state index in [0.717, 1.165) is 25.7 Å². The van der Waals surface area contributed by atoms with Crippen molar-refractivity contribution in [1.29, 1.82) is 0 Å². The Hall–Kier alpha value is -1.63. The van der Waals surface area contributed by atoms with Gasteiger partial charge in [0.1, 0.15) is 0 Å². The first-order valence-electron chi connectivity index (χ1n) is 6.14. The molecule has 0 spiro atoms. The number of ether oxygens (including phenoxy) is 2. The molecule has 0 radical (unpaired) electrons. The molecule has 0 bridgehead atoms. The average molecular weight is 256 g/mol. The van der Waals surface area contributed by atoms with Gasteiger partial charge in [-0.1, -0.05) is 6.92 Å². The molecule has 0 fully saturated rings. The van der Waals surface area contributed by atoms with Crippen LogP contribution in [0.3, 0.4) is 0 Å². The lowest BCUT2D eigenvalue weighted by molar-refractivity contribution is 0.247. The van der Waals surface area contributed by atoms with Crippen LogP contribution in [0.4, 0.5) is 5.95 Å². The zero-order valence-corrected chi connectivity index (χ0v) is 10.6. The van der Waals surface area contributed by atoms with Gasteiger partial charge in [-0.15, -0.1) is 4.98 Å². The number of aromatic nitrogens is 3. The van der Waals surface area contributed by atoms with Gasteiger partial charge in [0.05, 0.1) is 13.2 Å². The summed E-state index contributed by atoms with van der Waals surface area (Å²) in [6, 6.07) is 0.368. The second-order valence-corrected chi connectivity index (χ2v) is 3.74. The van der Waals surface area contributed by atoms with Crippen molar-refractivity contribution in [2.24, 2.45) is 0 Å². The topological polar surface area (TPSA) is 103 Å². The van der Waals surface area contributed by atoms with Gasteiger partial charge in [0.2, 0.25) is 5.95 Å². The summed E-state index contributed by atoms with van der Waals surface area (Å²) in [7, 11) is 0. The second-order valence-electron chi connectivity index (χ2n) is 3.74. The van der Waals surface area contributed by atoms with E-state index in [-0.39, 0.29) is 24.6 Å². The van der Waals surface area contributed by atoms with Crippen LogP contribution in [-0.4, -0.2) is 39.9 Å². The molecular weight excluding hydrogens is 236 g/mol. The van der Waals surface area contributed by atoms with Crippen LogP contribution >= 0.6 is 0 Å². The van der Waals surface area contributed by atoms with Crippen molar-refractivity contribution >= 4 is 5.95 Å². The predicted molar refractivity (Wildman–Crippen MR) is 66.5 cm³/mol. The monoisotopic (exact) mass is 256 g/mol. The van der Waals surface area contributed by atoms with Crippen molar-refractivity contribution in [3.63, 3.8) is 0 Å². The van der Waals surface area contributed by atoms with Gasteiger partial charge in [-0.2, -0.15) is 9.97 Å². The van der Waals surface area contributed by atoms with E-state index in [9.17, 15) is 0 Å². The standard InChI is InChI=1S/C11H20N4O3/c1-2-7-17-10-13-9(12)14-11(15-10)18-8-5-3-4-6-16/h16H,2-8H2,1H3,(H2,12,13,14,15). The van der Waals surface area contributed by atoms with E-state index in [1.54, 1.807) is 0 Å². The van der Waals surface area contributed by atoms with Crippen LogP contribution in [0, 0.1) is 0 Å². The molecule has 1 aromatic rings. The van der Waals surface area contributed by atoms with Crippen molar-refractivity contribution in [1.82, 2.24) is 15.0 Å². The molecular formula is C11H20N4O3. The maximum atomic E-state index is 8.63. The molecule has 0 aromatic carbocycles. The first-order chi connectivity index (χ1) is 8.76. The normalized spacial score (nSPS) is 10.3. The lowest BCUT2D eigenvalue weighted by Crippen LogP contribution is -2.08. The molecule has 1 heterocycles. The highest BCUT2D eigenvalue weighted by Crippen LogP contribution is 2.11. The third kappa shape index (κ3) is 5.62. The van der Waals surface area contributed by atoms with Crippen LogP contribution in [0.25, 0.3) is 0 Å². The van der Waals surface area contributed by atoms with E-state index >= 15 is 0 Å². The highest BCUT2D eigenvalue weighted by atomic mass is 16.5. The molecule has 102 valence electrons. The molecule has 7 nitrogen and oxygen atoms in total. The van der Waals surface area contributed by atoms with Gasteiger partial charge in [0, 0.05) is 6.61 Å². The summed E-state index contributed by atoms with van der Waals surface area (Å²) >= 11 is 0. The van der Waals surface area contributed by atoms with Crippen molar-refractivity contribution in [3.8, 4) is 12.0 Å². The van der Waals surface area contributed by atoms with E-state index in [1.807, 2.05) is 6.92 Å². The van der Waals surface area contributed by atoms with Gasteiger partial charge in [-0.25, -0.2) is 0 Å². The number of nitrogens with two attached hydrogens (primary N) is 1. The van der Waals surface area contributed by atoms with Crippen molar-refractivity contribution in [3.05, 3.63) is 0 Å². The minimum atomic E-state index is 0.0847. The quantitative estimate of drug-likeness (QED) is 0.629. The maximum absolute atomic E-state index is 8.63. The number of nitrogens with zero attached hydrogens (tertiary/aromatic N) is 3. The number of hydrogen-bond acceptors (Lipinski definition) is 7. The molecule has 18 heavy (non-hydrogen) atoms. The van der Waals surface area contributed by atoms with Crippen LogP contribution < -0.4 is 15.2 Å². The summed E-state index contributed by atoms with van der Waals surface area (Å²) in [6.07, 6.45) is 3.37. The summed E-state index contributed by atoms with van der Waals surface area (Å²) in [5.41, 5.74) is 5.53. The Morgan fingerprint density at radius 1 is 1.00 bits per heavy atom. The van der Waals surface area contributed by atoms with Gasteiger partial charge < -0.3 is 20.3 Å². The summed E-state index contributed by atoms with van der Waals surface area (Å²) in [5, 5.41) is 8.63. The number of unbranched alkanes of at least 4 members (excludes halogenated alkanes) is 2. The fourth-order valence-corrected chi connectivity index (χ4v) is 1.23. The van der Waals surface area contributed by atoms with Crippen LogP contribution in [0.2, 0.25) is 0 Å². The highest BCUT2D eigenvalue weighted by Gasteiger charge is 2.06. The number of rotatable bonds is 9. The Balaban J connectivity index is 2.41. The zero-order valence-electron chi connectivity index (χ0n) is 10.6. The molecule has 0 saturated heterocycles. The van der Waals surface area contributed by atoms with Crippen molar-refractivity contribution < 1.29 is 14.6 Å². The maximum Gasteiger partial charge on any atom is 0.324 e. The summed E-state index contributed by atoms with van der Waals surface area (Å²) in [4.78, 5) is 11.7. The third-order valence-electron chi connectivity index (χ3n) is 2.08. The molecule has 1 rings (SSSR count). The molecule has 0 amide bonds. The Morgan fingerprint density at radius 3 is 2.28 bits per heavy atom. The van der Waals surface area contributed by atoms with Crippen LogP contribution in [-0.2, 0) is 0 Å². The molecule has 0 saturated carbocycles. The number of nitrogen functional groups attached to an aromatic ring is 1. The lowest BCUT2D eigenvalue weighted by Gasteiger charge is -2.06. The lowest BCUT2D eigenvalue weighted by atomic mass is 10.2. The van der Waals surface area contributed by atoms with Gasteiger partial charge in [0.15, 0.2) is 0 Å². The van der Waals surface area contributed by atoms with Crippen molar-refractivity contribution in [2.75, 3.05) is 25.6 Å². The van der Waals surface area contributed by atoms with Crippen LogP contribution in [0.15, 0.2) is 0 Å². The van der Waals surface area contributed by atoms with Gasteiger partial charge in [-0.3, -0.25) is 0 Å². The van der Waals surface area contributed by atoms with Crippen LogP contribution in [0.5, 0.6) is 12.0 Å². The smallest absolute Gasteiger partial charge is 0.324 e. The largest absolute Gasteiger partial charge is 0.463 e. The minimum Gasteiger partial charge on any atom is -0.463 e. The number of hydrogen-bond donors (Lipinski definition) is 2. The molecule has 0 unspecified atom stereocenters. The van der Waals surface area contributed by atoms with E-state index in [1.165, 1.54) is 0 Å². The van der Waals surface area contributed by atoms with E-state index in [2.05, 4.69) is 15.0 Å². The van der Waals surface area contributed by atoms with Gasteiger partial charge in [-0.05, 0) is 25.7 Å². The van der Waals surface area contributed by atoms with Gasteiger partial charge in [0.25, 0.3) is 0 Å². The molecule has 7 heteroatoms. The fraction of sp³-hybridized carbons (Fsp3) is 0.727.